The number of amides is 1. The third-order valence-corrected chi connectivity index (χ3v) is 6.74. The molecule has 4 nitrogen and oxygen atoms in total. The number of pyridine rings is 1. The average Bonchev–Trinajstić information content (AvgIpc) is 3.17. The summed E-state index contributed by atoms with van der Waals surface area (Å²) < 4.78 is 0. The van der Waals surface area contributed by atoms with Gasteiger partial charge in [0.15, 0.2) is 0 Å². The first-order chi connectivity index (χ1) is 13.3. The standard InChI is InChI=1S/C22H21N3OS/c26-22(25-12-4-7-15-5-1-2-8-19(15)25)16-9-10-18-20(13-16)27-21(24-18)17-6-3-11-23-14-17/h1-3,5-6,8,11,14,16H,4,7,9-10,12-13H2. The van der Waals surface area contributed by atoms with Gasteiger partial charge in [0.25, 0.3) is 0 Å². The molecular weight excluding hydrogens is 354 g/mol. The van der Waals surface area contributed by atoms with Gasteiger partial charge in [-0.05, 0) is 55.9 Å². The molecule has 0 spiro atoms. The number of para-hydroxylation sites is 1. The molecule has 0 radical (unpaired) electrons. The Morgan fingerprint density at radius 2 is 2.07 bits per heavy atom. The zero-order chi connectivity index (χ0) is 18.2. The largest absolute Gasteiger partial charge is 0.312 e. The van der Waals surface area contributed by atoms with Crippen LogP contribution in [0.1, 0.15) is 29.0 Å². The second-order valence-electron chi connectivity index (χ2n) is 7.29. The molecular formula is C22H21N3OS. The molecule has 3 aromatic rings. The van der Waals surface area contributed by atoms with Crippen molar-refractivity contribution in [3.05, 3.63) is 64.9 Å². The fourth-order valence-corrected chi connectivity index (χ4v) is 5.36. The van der Waals surface area contributed by atoms with Crippen molar-refractivity contribution < 1.29 is 4.79 Å². The summed E-state index contributed by atoms with van der Waals surface area (Å²) in [7, 11) is 0. The van der Waals surface area contributed by atoms with Crippen LogP contribution in [0.25, 0.3) is 10.6 Å². The minimum absolute atomic E-state index is 0.0610. The Morgan fingerprint density at radius 1 is 1.15 bits per heavy atom. The summed E-state index contributed by atoms with van der Waals surface area (Å²) in [6, 6.07) is 12.3. The lowest BCUT2D eigenvalue weighted by Crippen LogP contribution is -2.41. The molecule has 27 heavy (non-hydrogen) atoms. The van der Waals surface area contributed by atoms with Gasteiger partial charge in [0.1, 0.15) is 5.01 Å². The minimum atomic E-state index is 0.0610. The van der Waals surface area contributed by atoms with Gasteiger partial charge in [-0.25, -0.2) is 4.98 Å². The summed E-state index contributed by atoms with van der Waals surface area (Å²) in [4.78, 5) is 25.6. The number of hydrogen-bond acceptors (Lipinski definition) is 4. The number of hydrogen-bond donors (Lipinski definition) is 0. The summed E-state index contributed by atoms with van der Waals surface area (Å²) in [5.41, 5.74) is 4.64. The molecule has 2 aliphatic rings. The summed E-state index contributed by atoms with van der Waals surface area (Å²) in [5.74, 6) is 0.343. The molecule has 1 aliphatic carbocycles. The number of anilines is 1. The first-order valence-electron chi connectivity index (χ1n) is 9.58. The molecule has 1 amide bonds. The third kappa shape index (κ3) is 3.06. The molecule has 0 bridgehead atoms. The maximum Gasteiger partial charge on any atom is 0.230 e. The van der Waals surface area contributed by atoms with Crippen molar-refractivity contribution in [1.82, 2.24) is 9.97 Å². The highest BCUT2D eigenvalue weighted by molar-refractivity contribution is 7.15. The van der Waals surface area contributed by atoms with Crippen LogP contribution in [0, 0.1) is 5.92 Å². The summed E-state index contributed by atoms with van der Waals surface area (Å²) in [6.07, 6.45) is 8.34. The number of nitrogens with zero attached hydrogens (tertiary/aromatic N) is 3. The number of aromatic nitrogens is 2. The van der Waals surface area contributed by atoms with E-state index in [0.717, 1.165) is 54.9 Å². The van der Waals surface area contributed by atoms with E-state index in [1.165, 1.54) is 16.1 Å². The molecule has 0 N–H and O–H groups in total. The Kier molecular flexibility index (Phi) is 4.24. The topological polar surface area (TPSA) is 46.1 Å². The molecule has 0 fully saturated rings. The van der Waals surface area contributed by atoms with E-state index in [1.807, 2.05) is 29.3 Å². The molecule has 1 aromatic carbocycles. The van der Waals surface area contributed by atoms with Gasteiger partial charge in [-0.3, -0.25) is 9.78 Å². The Hall–Kier alpha value is -2.53. The SMILES string of the molecule is O=C(C1CCc2nc(-c3cccnc3)sc2C1)N1CCCc2ccccc21. The minimum Gasteiger partial charge on any atom is -0.312 e. The number of rotatable bonds is 2. The molecule has 136 valence electrons. The van der Waals surface area contributed by atoms with Crippen molar-refractivity contribution in [2.24, 2.45) is 5.92 Å². The highest BCUT2D eigenvalue weighted by Gasteiger charge is 2.32. The molecule has 1 unspecified atom stereocenters. The Balaban J connectivity index is 1.38. The van der Waals surface area contributed by atoms with Crippen molar-refractivity contribution in [2.75, 3.05) is 11.4 Å². The van der Waals surface area contributed by atoms with E-state index >= 15 is 0 Å². The second-order valence-corrected chi connectivity index (χ2v) is 8.38. The smallest absolute Gasteiger partial charge is 0.230 e. The van der Waals surface area contributed by atoms with Crippen LogP contribution >= 0.6 is 11.3 Å². The maximum absolute atomic E-state index is 13.3. The average molecular weight is 375 g/mol. The van der Waals surface area contributed by atoms with E-state index in [1.54, 1.807) is 17.5 Å². The van der Waals surface area contributed by atoms with Gasteiger partial charge in [0, 0.05) is 41.0 Å². The highest BCUT2D eigenvalue weighted by Crippen LogP contribution is 2.36. The van der Waals surface area contributed by atoms with Gasteiger partial charge in [-0.2, -0.15) is 0 Å². The van der Waals surface area contributed by atoms with Crippen LogP contribution in [0.4, 0.5) is 5.69 Å². The van der Waals surface area contributed by atoms with Crippen LogP contribution < -0.4 is 4.90 Å². The lowest BCUT2D eigenvalue weighted by atomic mass is 9.89. The molecule has 0 saturated heterocycles. The van der Waals surface area contributed by atoms with Gasteiger partial charge in [-0.1, -0.05) is 18.2 Å². The van der Waals surface area contributed by atoms with Crippen LogP contribution in [-0.4, -0.2) is 22.4 Å². The van der Waals surface area contributed by atoms with E-state index in [-0.39, 0.29) is 11.8 Å². The van der Waals surface area contributed by atoms with Crippen molar-refractivity contribution >= 4 is 22.9 Å². The van der Waals surface area contributed by atoms with Crippen LogP contribution in [0.2, 0.25) is 0 Å². The molecule has 1 atom stereocenters. The molecule has 1 aliphatic heterocycles. The van der Waals surface area contributed by atoms with E-state index in [4.69, 9.17) is 4.98 Å². The third-order valence-electron chi connectivity index (χ3n) is 5.57. The van der Waals surface area contributed by atoms with Gasteiger partial charge < -0.3 is 4.90 Å². The lowest BCUT2D eigenvalue weighted by Gasteiger charge is -2.33. The maximum atomic E-state index is 13.3. The molecule has 2 aromatic heterocycles. The van der Waals surface area contributed by atoms with Crippen LogP contribution in [-0.2, 0) is 24.1 Å². The van der Waals surface area contributed by atoms with E-state index in [2.05, 4.69) is 23.2 Å². The predicted molar refractivity (Wildman–Crippen MR) is 108 cm³/mol. The molecule has 0 saturated carbocycles. The molecule has 5 rings (SSSR count). The van der Waals surface area contributed by atoms with Gasteiger partial charge in [-0.15, -0.1) is 11.3 Å². The molecule has 3 heterocycles. The van der Waals surface area contributed by atoms with Crippen molar-refractivity contribution in [3.8, 4) is 10.6 Å². The summed E-state index contributed by atoms with van der Waals surface area (Å²) in [6.45, 7) is 0.836. The van der Waals surface area contributed by atoms with E-state index < -0.39 is 0 Å². The van der Waals surface area contributed by atoms with Crippen molar-refractivity contribution in [2.45, 2.75) is 32.1 Å². The Labute approximate surface area is 162 Å². The zero-order valence-electron chi connectivity index (χ0n) is 15.1. The zero-order valence-corrected chi connectivity index (χ0v) is 15.9. The Morgan fingerprint density at radius 3 is 2.96 bits per heavy atom. The Bertz CT molecular complexity index is 982. The quantitative estimate of drug-likeness (QED) is 0.671. The first kappa shape index (κ1) is 16.6. The van der Waals surface area contributed by atoms with Crippen molar-refractivity contribution in [1.29, 1.82) is 0 Å². The second kappa shape index (κ2) is 6.89. The number of aryl methyl sites for hydroxylation is 2. The van der Waals surface area contributed by atoms with Crippen LogP contribution in [0.15, 0.2) is 48.8 Å². The van der Waals surface area contributed by atoms with Gasteiger partial charge >= 0.3 is 0 Å². The molecule has 5 heteroatoms. The fourth-order valence-electron chi connectivity index (χ4n) is 4.18. The number of thiazole rings is 1. The van der Waals surface area contributed by atoms with Crippen LogP contribution in [0.3, 0.4) is 0 Å². The predicted octanol–water partition coefficient (Wildman–Crippen LogP) is 4.29. The fraction of sp³-hybridized carbons (Fsp3) is 0.318. The normalized spacial score (nSPS) is 18.7. The monoisotopic (exact) mass is 375 g/mol. The first-order valence-corrected chi connectivity index (χ1v) is 10.4. The van der Waals surface area contributed by atoms with E-state index in [9.17, 15) is 4.79 Å². The van der Waals surface area contributed by atoms with E-state index in [0.29, 0.717) is 0 Å². The number of benzene rings is 1. The summed E-state index contributed by atoms with van der Waals surface area (Å²) in [5, 5.41) is 1.02. The van der Waals surface area contributed by atoms with Gasteiger partial charge in [0.2, 0.25) is 5.91 Å². The van der Waals surface area contributed by atoms with Gasteiger partial charge in [0.05, 0.1) is 5.69 Å². The highest BCUT2D eigenvalue weighted by atomic mass is 32.1. The number of carbonyl (C=O) groups excluding carboxylic acids is 1. The number of fused-ring (bicyclic) bond motifs is 2. The number of carbonyl (C=O) groups is 1. The lowest BCUT2D eigenvalue weighted by molar-refractivity contribution is -0.122. The van der Waals surface area contributed by atoms with Crippen molar-refractivity contribution in [3.63, 3.8) is 0 Å². The van der Waals surface area contributed by atoms with Crippen LogP contribution in [0.5, 0.6) is 0 Å². The summed E-state index contributed by atoms with van der Waals surface area (Å²) >= 11 is 1.72.